The molecule has 1 heterocycles. The minimum Gasteiger partial charge on any atom is -0.305 e. The highest BCUT2D eigenvalue weighted by Gasteiger charge is 2.20. The molecule has 0 N–H and O–H groups in total. The Morgan fingerprint density at radius 3 is 2.66 bits per heavy atom. The van der Waals surface area contributed by atoms with Gasteiger partial charge in [-0.15, -0.1) is 6.42 Å². The summed E-state index contributed by atoms with van der Waals surface area (Å²) in [5, 5.41) is -0.571. The fourth-order valence-corrected chi connectivity index (χ4v) is 5.09. The number of thiazole rings is 1. The van der Waals surface area contributed by atoms with Gasteiger partial charge in [-0.2, -0.15) is 4.99 Å². The lowest BCUT2D eigenvalue weighted by Gasteiger charge is -2.08. The van der Waals surface area contributed by atoms with Gasteiger partial charge in [0.25, 0.3) is 5.91 Å². The molecule has 1 aromatic heterocycles. The minimum absolute atomic E-state index is 0.119. The van der Waals surface area contributed by atoms with Gasteiger partial charge in [0.15, 0.2) is 14.6 Å². The van der Waals surface area contributed by atoms with Gasteiger partial charge >= 0.3 is 0 Å². The van der Waals surface area contributed by atoms with Crippen LogP contribution in [0, 0.1) is 12.3 Å². The van der Waals surface area contributed by atoms with E-state index in [1.54, 1.807) is 26.0 Å². The van der Waals surface area contributed by atoms with Crippen molar-refractivity contribution in [1.29, 1.82) is 0 Å². The van der Waals surface area contributed by atoms with Crippen LogP contribution < -0.4 is 4.80 Å². The van der Waals surface area contributed by atoms with E-state index in [0.29, 0.717) is 11.3 Å². The molecule has 0 spiro atoms. The average Bonchev–Trinajstić information content (AvgIpc) is 3.04. The molecular weight excluding hydrogens is 404 g/mol. The van der Waals surface area contributed by atoms with E-state index in [-0.39, 0.29) is 10.5 Å². The molecule has 3 rings (SSSR count). The number of aryl methyl sites for hydroxylation is 1. The summed E-state index contributed by atoms with van der Waals surface area (Å²) >= 11 is 1.39. The number of terminal acetylenes is 1. The van der Waals surface area contributed by atoms with Gasteiger partial charge in [-0.3, -0.25) is 4.79 Å². The smallest absolute Gasteiger partial charge is 0.279 e. The van der Waals surface area contributed by atoms with Crippen LogP contribution in [-0.2, 0) is 22.8 Å². The molecule has 0 fully saturated rings. The van der Waals surface area contributed by atoms with Gasteiger partial charge in [-0.25, -0.2) is 8.42 Å². The van der Waals surface area contributed by atoms with Crippen LogP contribution >= 0.6 is 11.3 Å². The maximum absolute atomic E-state index is 12.8. The zero-order chi connectivity index (χ0) is 21.2. The molecule has 0 unspecified atom stereocenters. The van der Waals surface area contributed by atoms with Crippen molar-refractivity contribution in [3.63, 3.8) is 0 Å². The molecule has 0 aliphatic carbocycles. The van der Waals surface area contributed by atoms with Crippen molar-refractivity contribution in [3.8, 4) is 12.3 Å². The molecule has 5 nitrogen and oxygen atoms in total. The molecule has 150 valence electrons. The van der Waals surface area contributed by atoms with E-state index in [4.69, 9.17) is 6.42 Å². The number of hydrogen-bond donors (Lipinski definition) is 0. The molecule has 29 heavy (non-hydrogen) atoms. The number of sulfone groups is 1. The number of benzene rings is 2. The highest BCUT2D eigenvalue weighted by atomic mass is 32.2. The summed E-state index contributed by atoms with van der Waals surface area (Å²) in [4.78, 5) is 17.7. The zero-order valence-electron chi connectivity index (χ0n) is 16.5. The number of hydrogen-bond acceptors (Lipinski definition) is 4. The normalized spacial score (nSPS) is 12.4. The first-order valence-corrected chi connectivity index (χ1v) is 11.6. The number of carbonyl (C=O) groups excluding carboxylic acids is 1. The van der Waals surface area contributed by atoms with Crippen molar-refractivity contribution in [2.45, 2.75) is 43.9 Å². The van der Waals surface area contributed by atoms with Gasteiger partial charge in [-0.05, 0) is 56.2 Å². The van der Waals surface area contributed by atoms with Crippen LogP contribution in [0.5, 0.6) is 0 Å². The van der Waals surface area contributed by atoms with Crippen LogP contribution in [0.1, 0.15) is 36.7 Å². The maximum Gasteiger partial charge on any atom is 0.279 e. The number of carbonyl (C=O) groups is 1. The van der Waals surface area contributed by atoms with Crippen LogP contribution in [0.15, 0.2) is 52.4 Å². The first-order valence-electron chi connectivity index (χ1n) is 9.26. The predicted molar refractivity (Wildman–Crippen MR) is 117 cm³/mol. The maximum atomic E-state index is 12.8. The zero-order valence-corrected chi connectivity index (χ0v) is 18.2. The van der Waals surface area contributed by atoms with Crippen LogP contribution in [-0.4, -0.2) is 24.1 Å². The lowest BCUT2D eigenvalue weighted by atomic mass is 10.2. The summed E-state index contributed by atoms with van der Waals surface area (Å²) in [5.41, 5.74) is 2.34. The topological polar surface area (TPSA) is 68.5 Å². The molecule has 3 aromatic rings. The first kappa shape index (κ1) is 21.0. The minimum atomic E-state index is -3.47. The van der Waals surface area contributed by atoms with Gasteiger partial charge in [-0.1, -0.05) is 36.3 Å². The third-order valence-corrected chi connectivity index (χ3v) is 7.83. The summed E-state index contributed by atoms with van der Waals surface area (Å²) in [6.07, 6.45) is 6.42. The van der Waals surface area contributed by atoms with E-state index >= 15 is 0 Å². The first-order chi connectivity index (χ1) is 13.8. The Labute approximate surface area is 174 Å². The van der Waals surface area contributed by atoms with Crippen molar-refractivity contribution in [2.24, 2.45) is 4.99 Å². The third-order valence-electron chi connectivity index (χ3n) is 4.63. The molecule has 0 atom stereocenters. The van der Waals surface area contributed by atoms with Gasteiger partial charge in [0.1, 0.15) is 0 Å². The average molecular weight is 427 g/mol. The number of rotatable bonds is 5. The lowest BCUT2D eigenvalue weighted by Crippen LogP contribution is -2.17. The van der Waals surface area contributed by atoms with E-state index in [9.17, 15) is 13.2 Å². The molecular formula is C22H22N2O3S2. The molecule has 2 aromatic carbocycles. The SMILES string of the molecule is C#CCn1c(=NC(=O)c2cccc(S(=O)(=O)C(C)C)c2)sc2cc(CC)ccc21. The van der Waals surface area contributed by atoms with Crippen molar-refractivity contribution < 1.29 is 13.2 Å². The van der Waals surface area contributed by atoms with E-state index in [0.717, 1.165) is 16.6 Å². The van der Waals surface area contributed by atoms with Gasteiger partial charge in [0.05, 0.1) is 26.9 Å². The summed E-state index contributed by atoms with van der Waals surface area (Å²) in [6, 6.07) is 12.1. The van der Waals surface area contributed by atoms with Crippen molar-refractivity contribution in [2.75, 3.05) is 0 Å². The standard InChI is InChI=1S/C22H22N2O3S2/c1-5-12-24-19-11-10-16(6-2)13-20(19)28-22(24)23-21(25)17-8-7-9-18(14-17)29(26,27)15(3)4/h1,7-11,13-15H,6,12H2,2-4H3. The molecule has 0 bridgehead atoms. The van der Waals surface area contributed by atoms with E-state index in [1.807, 2.05) is 16.7 Å². The molecule has 7 heteroatoms. The fourth-order valence-electron chi connectivity index (χ4n) is 2.90. The van der Waals surface area contributed by atoms with Crippen molar-refractivity contribution >= 4 is 37.3 Å². The van der Waals surface area contributed by atoms with Crippen molar-refractivity contribution in [3.05, 3.63) is 58.4 Å². The van der Waals surface area contributed by atoms with Crippen LogP contribution in [0.2, 0.25) is 0 Å². The molecule has 0 aliphatic heterocycles. The molecule has 0 aliphatic rings. The number of fused-ring (bicyclic) bond motifs is 1. The Morgan fingerprint density at radius 2 is 2.00 bits per heavy atom. The highest BCUT2D eigenvalue weighted by Crippen LogP contribution is 2.21. The second kappa shape index (κ2) is 8.36. The Hall–Kier alpha value is -2.69. The Bertz CT molecular complexity index is 1290. The van der Waals surface area contributed by atoms with E-state index < -0.39 is 21.0 Å². The number of amides is 1. The predicted octanol–water partition coefficient (Wildman–Crippen LogP) is 3.82. The largest absolute Gasteiger partial charge is 0.305 e. The Morgan fingerprint density at radius 1 is 1.24 bits per heavy atom. The Kier molecular flexibility index (Phi) is 6.06. The quantitative estimate of drug-likeness (QED) is 0.583. The summed E-state index contributed by atoms with van der Waals surface area (Å²) < 4.78 is 27.7. The van der Waals surface area contributed by atoms with E-state index in [1.165, 1.54) is 29.0 Å². The van der Waals surface area contributed by atoms with E-state index in [2.05, 4.69) is 23.9 Å². The van der Waals surface area contributed by atoms with Gasteiger partial charge < -0.3 is 4.57 Å². The van der Waals surface area contributed by atoms with Crippen LogP contribution in [0.4, 0.5) is 0 Å². The second-order valence-electron chi connectivity index (χ2n) is 6.87. The summed E-state index contributed by atoms with van der Waals surface area (Å²) in [7, 11) is -3.47. The lowest BCUT2D eigenvalue weighted by molar-refractivity contribution is 0.0997. The highest BCUT2D eigenvalue weighted by molar-refractivity contribution is 7.92. The monoisotopic (exact) mass is 426 g/mol. The van der Waals surface area contributed by atoms with Crippen LogP contribution in [0.3, 0.4) is 0 Å². The molecule has 1 amide bonds. The summed E-state index contributed by atoms with van der Waals surface area (Å²) in [5.74, 6) is 2.10. The molecule has 0 saturated carbocycles. The van der Waals surface area contributed by atoms with Crippen molar-refractivity contribution in [1.82, 2.24) is 4.57 Å². The summed E-state index contributed by atoms with van der Waals surface area (Å²) in [6.45, 7) is 5.59. The van der Waals surface area contributed by atoms with Gasteiger partial charge in [0, 0.05) is 5.56 Å². The second-order valence-corrected chi connectivity index (χ2v) is 10.4. The van der Waals surface area contributed by atoms with Crippen LogP contribution in [0.25, 0.3) is 10.2 Å². The van der Waals surface area contributed by atoms with Gasteiger partial charge in [0.2, 0.25) is 0 Å². The number of aromatic nitrogens is 1. The Balaban J connectivity index is 2.11. The number of nitrogens with zero attached hydrogens (tertiary/aromatic N) is 2. The molecule has 0 radical (unpaired) electrons. The fraction of sp³-hybridized carbons (Fsp3) is 0.273. The third kappa shape index (κ3) is 4.19. The molecule has 0 saturated heterocycles.